The number of hydrogen-bond acceptors (Lipinski definition) is 3. The number of fused-ring (bicyclic) bond motifs is 1. The molecule has 3 N–H and O–H groups in total. The van der Waals surface area contributed by atoms with Crippen molar-refractivity contribution in [2.24, 2.45) is 0 Å². The standard InChI is InChI=1S/C16H14N2O3/c19-15(14-9-10-5-1-3-7-12(10)17-14)18-13-8-4-2-6-11(13)16(20)21/h1-8,14,17H,9H2,(H,18,19)(H,20,21). The number of para-hydroxylation sites is 2. The fourth-order valence-electron chi connectivity index (χ4n) is 2.45. The monoisotopic (exact) mass is 282 g/mol. The van der Waals surface area contributed by atoms with Crippen molar-refractivity contribution in [1.82, 2.24) is 0 Å². The second kappa shape index (κ2) is 5.28. The lowest BCUT2D eigenvalue weighted by Gasteiger charge is -2.13. The lowest BCUT2D eigenvalue weighted by atomic mass is 10.1. The molecule has 2 aromatic rings. The molecular formula is C16H14N2O3. The molecule has 1 aliphatic heterocycles. The molecule has 5 nitrogen and oxygen atoms in total. The third kappa shape index (κ3) is 2.58. The molecule has 2 aromatic carbocycles. The van der Waals surface area contributed by atoms with Crippen molar-refractivity contribution in [1.29, 1.82) is 0 Å². The Labute approximate surface area is 121 Å². The van der Waals surface area contributed by atoms with Crippen LogP contribution in [0, 0.1) is 0 Å². The van der Waals surface area contributed by atoms with E-state index in [1.165, 1.54) is 6.07 Å². The van der Waals surface area contributed by atoms with Gasteiger partial charge in [-0.05, 0) is 23.8 Å². The van der Waals surface area contributed by atoms with Gasteiger partial charge >= 0.3 is 5.97 Å². The van der Waals surface area contributed by atoms with Gasteiger partial charge in [0.25, 0.3) is 0 Å². The number of rotatable bonds is 3. The predicted octanol–water partition coefficient (Wildman–Crippen LogP) is 2.36. The largest absolute Gasteiger partial charge is 0.478 e. The van der Waals surface area contributed by atoms with E-state index < -0.39 is 5.97 Å². The maximum atomic E-state index is 12.3. The summed E-state index contributed by atoms with van der Waals surface area (Å²) in [5.41, 5.74) is 2.43. The minimum absolute atomic E-state index is 0.0846. The second-order valence-corrected chi connectivity index (χ2v) is 4.90. The van der Waals surface area contributed by atoms with Crippen LogP contribution in [0.3, 0.4) is 0 Å². The summed E-state index contributed by atoms with van der Waals surface area (Å²) in [4.78, 5) is 23.4. The number of aromatic carboxylic acids is 1. The normalized spacial score (nSPS) is 15.9. The Morgan fingerprint density at radius 1 is 1.10 bits per heavy atom. The summed E-state index contributed by atoms with van der Waals surface area (Å²) in [5.74, 6) is -1.30. The quantitative estimate of drug-likeness (QED) is 0.807. The van der Waals surface area contributed by atoms with E-state index in [2.05, 4.69) is 10.6 Å². The van der Waals surface area contributed by atoms with Gasteiger partial charge in [0.1, 0.15) is 6.04 Å². The number of nitrogens with one attached hydrogen (secondary N) is 2. The maximum Gasteiger partial charge on any atom is 0.337 e. The van der Waals surface area contributed by atoms with Crippen molar-refractivity contribution in [3.8, 4) is 0 Å². The molecule has 1 aliphatic rings. The Morgan fingerprint density at radius 3 is 2.57 bits per heavy atom. The fraction of sp³-hybridized carbons (Fsp3) is 0.125. The fourth-order valence-corrected chi connectivity index (χ4v) is 2.45. The highest BCUT2D eigenvalue weighted by Gasteiger charge is 2.27. The van der Waals surface area contributed by atoms with Crippen LogP contribution in [0.15, 0.2) is 48.5 Å². The summed E-state index contributed by atoms with van der Waals surface area (Å²) >= 11 is 0. The topological polar surface area (TPSA) is 78.4 Å². The highest BCUT2D eigenvalue weighted by molar-refractivity contribution is 6.03. The molecule has 0 aliphatic carbocycles. The minimum Gasteiger partial charge on any atom is -0.478 e. The Morgan fingerprint density at radius 2 is 1.81 bits per heavy atom. The third-order valence-corrected chi connectivity index (χ3v) is 3.50. The van der Waals surface area contributed by atoms with Gasteiger partial charge in [-0.1, -0.05) is 30.3 Å². The van der Waals surface area contributed by atoms with Gasteiger partial charge in [0.15, 0.2) is 0 Å². The predicted molar refractivity (Wildman–Crippen MR) is 79.6 cm³/mol. The molecule has 0 radical (unpaired) electrons. The summed E-state index contributed by atoms with van der Waals surface area (Å²) in [7, 11) is 0. The molecule has 1 heterocycles. The summed E-state index contributed by atoms with van der Waals surface area (Å²) in [5, 5.41) is 14.9. The zero-order valence-electron chi connectivity index (χ0n) is 11.2. The van der Waals surface area contributed by atoms with Crippen LogP contribution in [-0.4, -0.2) is 23.0 Å². The van der Waals surface area contributed by atoms with E-state index in [1.54, 1.807) is 18.2 Å². The summed E-state index contributed by atoms with van der Waals surface area (Å²) in [6.45, 7) is 0. The molecule has 0 saturated heterocycles. The van der Waals surface area contributed by atoms with Crippen molar-refractivity contribution >= 4 is 23.3 Å². The van der Waals surface area contributed by atoms with Crippen LogP contribution in [0.5, 0.6) is 0 Å². The first-order chi connectivity index (χ1) is 10.1. The third-order valence-electron chi connectivity index (χ3n) is 3.50. The van der Waals surface area contributed by atoms with Crippen molar-refractivity contribution in [3.63, 3.8) is 0 Å². The molecule has 5 heteroatoms. The van der Waals surface area contributed by atoms with Crippen LogP contribution in [0.2, 0.25) is 0 Å². The molecule has 0 bridgehead atoms. The number of anilines is 2. The van der Waals surface area contributed by atoms with Gasteiger partial charge in [0.2, 0.25) is 5.91 Å². The molecular weight excluding hydrogens is 268 g/mol. The highest BCUT2D eigenvalue weighted by Crippen LogP contribution is 2.26. The van der Waals surface area contributed by atoms with Gasteiger partial charge in [-0.3, -0.25) is 4.79 Å². The van der Waals surface area contributed by atoms with Gasteiger partial charge in [0.05, 0.1) is 11.3 Å². The highest BCUT2D eigenvalue weighted by atomic mass is 16.4. The number of carbonyl (C=O) groups excluding carboxylic acids is 1. The van der Waals surface area contributed by atoms with E-state index in [9.17, 15) is 9.59 Å². The zero-order chi connectivity index (χ0) is 14.8. The van der Waals surface area contributed by atoms with Gasteiger partial charge in [-0.2, -0.15) is 0 Å². The lowest BCUT2D eigenvalue weighted by molar-refractivity contribution is -0.116. The van der Waals surface area contributed by atoms with Crippen LogP contribution in [0.1, 0.15) is 15.9 Å². The van der Waals surface area contributed by atoms with Crippen LogP contribution < -0.4 is 10.6 Å². The average molecular weight is 282 g/mol. The maximum absolute atomic E-state index is 12.3. The Bertz CT molecular complexity index is 687. The Hall–Kier alpha value is -2.82. The first-order valence-corrected chi connectivity index (χ1v) is 6.63. The molecule has 0 saturated carbocycles. The van der Waals surface area contributed by atoms with Gasteiger partial charge in [0, 0.05) is 12.1 Å². The van der Waals surface area contributed by atoms with Gasteiger partial charge in [-0.15, -0.1) is 0 Å². The minimum atomic E-state index is -1.06. The first kappa shape index (κ1) is 13.2. The molecule has 106 valence electrons. The average Bonchev–Trinajstić information content (AvgIpc) is 2.91. The number of carbonyl (C=O) groups is 2. The Kier molecular flexibility index (Phi) is 3.31. The molecule has 0 aromatic heterocycles. The summed E-state index contributed by atoms with van der Waals surface area (Å²) in [6.07, 6.45) is 0.594. The smallest absolute Gasteiger partial charge is 0.337 e. The lowest BCUT2D eigenvalue weighted by Crippen LogP contribution is -2.33. The molecule has 1 atom stereocenters. The second-order valence-electron chi connectivity index (χ2n) is 4.90. The molecule has 1 amide bonds. The number of carboxylic acids is 1. The van der Waals surface area contributed by atoms with E-state index in [0.29, 0.717) is 12.1 Å². The van der Waals surface area contributed by atoms with Gasteiger partial charge in [-0.25, -0.2) is 4.79 Å². The molecule has 1 unspecified atom stereocenters. The summed E-state index contributed by atoms with van der Waals surface area (Å²) < 4.78 is 0. The van der Waals surface area contributed by atoms with Gasteiger partial charge < -0.3 is 15.7 Å². The molecule has 0 fully saturated rings. The van der Waals surface area contributed by atoms with E-state index >= 15 is 0 Å². The number of amides is 1. The SMILES string of the molecule is O=C(O)c1ccccc1NC(=O)C1Cc2ccccc2N1. The van der Waals surface area contributed by atoms with Crippen molar-refractivity contribution in [3.05, 3.63) is 59.7 Å². The van der Waals surface area contributed by atoms with Crippen LogP contribution in [0.4, 0.5) is 11.4 Å². The number of hydrogen-bond donors (Lipinski definition) is 3. The first-order valence-electron chi connectivity index (χ1n) is 6.63. The number of benzene rings is 2. The van der Waals surface area contributed by atoms with Crippen LogP contribution in [0.25, 0.3) is 0 Å². The van der Waals surface area contributed by atoms with E-state index in [-0.39, 0.29) is 17.5 Å². The van der Waals surface area contributed by atoms with Crippen LogP contribution in [-0.2, 0) is 11.2 Å². The van der Waals surface area contributed by atoms with Crippen molar-refractivity contribution in [2.75, 3.05) is 10.6 Å². The van der Waals surface area contributed by atoms with Crippen LogP contribution >= 0.6 is 0 Å². The molecule has 21 heavy (non-hydrogen) atoms. The number of carboxylic acid groups (broad SMARTS) is 1. The Balaban J connectivity index is 1.76. The molecule has 3 rings (SSSR count). The van der Waals surface area contributed by atoms with Crippen molar-refractivity contribution in [2.45, 2.75) is 12.5 Å². The van der Waals surface area contributed by atoms with Crippen molar-refractivity contribution < 1.29 is 14.7 Å². The van der Waals surface area contributed by atoms with E-state index in [0.717, 1.165) is 11.3 Å². The van der Waals surface area contributed by atoms with E-state index in [4.69, 9.17) is 5.11 Å². The van der Waals surface area contributed by atoms with E-state index in [1.807, 2.05) is 24.3 Å². The summed E-state index contributed by atoms with van der Waals surface area (Å²) in [6, 6.07) is 13.7. The molecule has 0 spiro atoms. The zero-order valence-corrected chi connectivity index (χ0v) is 11.2.